The van der Waals surface area contributed by atoms with Crippen molar-refractivity contribution in [2.45, 2.75) is 6.54 Å². The second-order valence-corrected chi connectivity index (χ2v) is 6.96. The van der Waals surface area contributed by atoms with E-state index < -0.39 is 0 Å². The van der Waals surface area contributed by atoms with Gasteiger partial charge < -0.3 is 19.2 Å². The van der Waals surface area contributed by atoms with Crippen LogP contribution in [0.3, 0.4) is 0 Å². The number of rotatable bonds is 6. The van der Waals surface area contributed by atoms with Crippen LogP contribution >= 0.6 is 0 Å². The Morgan fingerprint density at radius 1 is 1.07 bits per heavy atom. The number of aromatic nitrogens is 3. The molecule has 30 heavy (non-hydrogen) atoms. The number of carbonyl (C=O) groups is 1. The molecular formula is C23H22N4O3. The molecule has 2 aromatic heterocycles. The molecule has 0 saturated carbocycles. The van der Waals surface area contributed by atoms with Gasteiger partial charge in [0.2, 0.25) is 0 Å². The SMILES string of the molecule is COCCn1cc(C(=O)Nc2ccc(-c3nc4ccccc4n3C)cc2)ccc1=O. The summed E-state index contributed by atoms with van der Waals surface area (Å²) in [5, 5.41) is 2.87. The van der Waals surface area contributed by atoms with Crippen molar-refractivity contribution in [3.63, 3.8) is 0 Å². The lowest BCUT2D eigenvalue weighted by molar-refractivity contribution is 0.102. The molecule has 0 unspecified atom stereocenters. The van der Waals surface area contributed by atoms with Gasteiger partial charge in [0.25, 0.3) is 11.5 Å². The number of benzene rings is 2. The van der Waals surface area contributed by atoms with Crippen molar-refractivity contribution in [2.24, 2.45) is 7.05 Å². The van der Waals surface area contributed by atoms with Crippen LogP contribution in [-0.4, -0.2) is 33.7 Å². The summed E-state index contributed by atoms with van der Waals surface area (Å²) in [6.45, 7) is 0.789. The predicted octanol–water partition coefficient (Wildman–Crippen LogP) is 3.30. The number of aryl methyl sites for hydroxylation is 1. The quantitative estimate of drug-likeness (QED) is 0.537. The summed E-state index contributed by atoms with van der Waals surface area (Å²) in [6.07, 6.45) is 1.55. The van der Waals surface area contributed by atoms with Gasteiger partial charge in [0.1, 0.15) is 5.82 Å². The molecule has 0 aliphatic rings. The lowest BCUT2D eigenvalue weighted by Gasteiger charge is -2.09. The minimum Gasteiger partial charge on any atom is -0.383 e. The Bertz CT molecular complexity index is 1260. The molecule has 0 aliphatic heterocycles. The zero-order chi connectivity index (χ0) is 21.1. The van der Waals surface area contributed by atoms with Crippen molar-refractivity contribution >= 4 is 22.6 Å². The third kappa shape index (κ3) is 3.88. The van der Waals surface area contributed by atoms with Gasteiger partial charge in [-0.25, -0.2) is 4.98 Å². The van der Waals surface area contributed by atoms with Crippen LogP contribution in [0.2, 0.25) is 0 Å². The molecule has 2 heterocycles. The average Bonchev–Trinajstić information content (AvgIpc) is 3.10. The summed E-state index contributed by atoms with van der Waals surface area (Å²) in [4.78, 5) is 29.2. The Labute approximate surface area is 173 Å². The second-order valence-electron chi connectivity index (χ2n) is 6.96. The van der Waals surface area contributed by atoms with Crippen molar-refractivity contribution < 1.29 is 9.53 Å². The normalized spacial score (nSPS) is 11.0. The maximum atomic E-state index is 12.6. The third-order valence-corrected chi connectivity index (χ3v) is 4.97. The number of hydrogen-bond acceptors (Lipinski definition) is 4. The van der Waals surface area contributed by atoms with E-state index in [2.05, 4.69) is 5.32 Å². The fraction of sp³-hybridized carbons (Fsp3) is 0.174. The van der Waals surface area contributed by atoms with Gasteiger partial charge in [0.15, 0.2) is 0 Å². The smallest absolute Gasteiger partial charge is 0.257 e. The summed E-state index contributed by atoms with van der Waals surface area (Å²) in [5.74, 6) is 0.580. The van der Waals surface area contributed by atoms with Gasteiger partial charge >= 0.3 is 0 Å². The highest BCUT2D eigenvalue weighted by Crippen LogP contribution is 2.24. The van der Waals surface area contributed by atoms with Crippen LogP contribution in [0.5, 0.6) is 0 Å². The Hall–Kier alpha value is -3.71. The minimum atomic E-state index is -0.281. The number of ether oxygens (including phenoxy) is 1. The molecule has 0 fully saturated rings. The molecule has 0 spiro atoms. The highest BCUT2D eigenvalue weighted by atomic mass is 16.5. The maximum Gasteiger partial charge on any atom is 0.257 e. The van der Waals surface area contributed by atoms with E-state index in [0.29, 0.717) is 24.4 Å². The molecule has 152 valence electrons. The van der Waals surface area contributed by atoms with Crippen molar-refractivity contribution in [1.82, 2.24) is 14.1 Å². The van der Waals surface area contributed by atoms with Crippen LogP contribution in [0, 0.1) is 0 Å². The molecule has 7 nitrogen and oxygen atoms in total. The number of nitrogens with zero attached hydrogens (tertiary/aromatic N) is 3. The van der Waals surface area contributed by atoms with Crippen molar-refractivity contribution in [2.75, 3.05) is 19.0 Å². The predicted molar refractivity (Wildman–Crippen MR) is 117 cm³/mol. The number of para-hydroxylation sites is 2. The second kappa shape index (κ2) is 8.34. The third-order valence-electron chi connectivity index (χ3n) is 4.97. The van der Waals surface area contributed by atoms with Crippen LogP contribution in [0.25, 0.3) is 22.4 Å². The molecule has 4 rings (SSSR count). The number of hydrogen-bond donors (Lipinski definition) is 1. The van der Waals surface area contributed by atoms with Gasteiger partial charge in [-0.3, -0.25) is 9.59 Å². The van der Waals surface area contributed by atoms with E-state index in [-0.39, 0.29) is 11.5 Å². The molecule has 0 bridgehead atoms. The highest BCUT2D eigenvalue weighted by Gasteiger charge is 2.11. The fourth-order valence-electron chi connectivity index (χ4n) is 3.34. The standard InChI is InChI=1S/C23H22N4O3/c1-26-20-6-4-3-5-19(20)25-22(26)16-7-10-18(11-8-16)24-23(29)17-9-12-21(28)27(15-17)13-14-30-2/h3-12,15H,13-14H2,1-2H3,(H,24,29). The number of anilines is 1. The first kappa shape index (κ1) is 19.6. The summed E-state index contributed by atoms with van der Waals surface area (Å²) >= 11 is 0. The molecule has 2 aromatic carbocycles. The van der Waals surface area contributed by atoms with Gasteiger partial charge in [-0.15, -0.1) is 0 Å². The molecule has 1 N–H and O–H groups in total. The van der Waals surface area contributed by atoms with Crippen LogP contribution in [0.15, 0.2) is 71.7 Å². The van der Waals surface area contributed by atoms with E-state index in [1.165, 1.54) is 16.7 Å². The first-order valence-corrected chi connectivity index (χ1v) is 9.59. The minimum absolute atomic E-state index is 0.171. The first-order chi connectivity index (χ1) is 14.6. The Morgan fingerprint density at radius 2 is 1.83 bits per heavy atom. The van der Waals surface area contributed by atoms with Crippen LogP contribution in [0.1, 0.15) is 10.4 Å². The number of amides is 1. The Balaban J connectivity index is 1.53. The summed E-state index contributed by atoms with van der Waals surface area (Å²) in [6, 6.07) is 18.4. The molecule has 4 aromatic rings. The molecule has 7 heteroatoms. The van der Waals surface area contributed by atoms with E-state index >= 15 is 0 Å². The van der Waals surface area contributed by atoms with Gasteiger partial charge in [-0.2, -0.15) is 0 Å². The number of methoxy groups -OCH3 is 1. The number of carbonyl (C=O) groups excluding carboxylic acids is 1. The lowest BCUT2D eigenvalue weighted by atomic mass is 10.2. The molecule has 1 amide bonds. The first-order valence-electron chi connectivity index (χ1n) is 9.59. The van der Waals surface area contributed by atoms with Gasteiger partial charge in [-0.05, 0) is 42.5 Å². The van der Waals surface area contributed by atoms with Crippen LogP contribution in [-0.2, 0) is 18.3 Å². The number of nitrogens with one attached hydrogen (secondary N) is 1. The highest BCUT2D eigenvalue weighted by molar-refractivity contribution is 6.04. The molecule has 0 atom stereocenters. The molecule has 0 aliphatic carbocycles. The number of pyridine rings is 1. The molecule has 0 radical (unpaired) electrons. The Morgan fingerprint density at radius 3 is 2.57 bits per heavy atom. The number of fused-ring (bicyclic) bond motifs is 1. The van der Waals surface area contributed by atoms with E-state index in [1.54, 1.807) is 13.3 Å². The lowest BCUT2D eigenvalue weighted by Crippen LogP contribution is -2.23. The summed E-state index contributed by atoms with van der Waals surface area (Å²) in [5.41, 5.74) is 3.86. The molecular weight excluding hydrogens is 380 g/mol. The van der Waals surface area contributed by atoms with Crippen LogP contribution in [0.4, 0.5) is 5.69 Å². The number of imidazole rings is 1. The van der Waals surface area contributed by atoms with Gasteiger partial charge in [0, 0.05) is 44.2 Å². The maximum absolute atomic E-state index is 12.6. The van der Waals surface area contributed by atoms with Crippen molar-refractivity contribution in [3.8, 4) is 11.4 Å². The van der Waals surface area contributed by atoms with E-state index in [0.717, 1.165) is 22.4 Å². The summed E-state index contributed by atoms with van der Waals surface area (Å²) in [7, 11) is 3.55. The van der Waals surface area contributed by atoms with Gasteiger partial charge in [-0.1, -0.05) is 12.1 Å². The largest absolute Gasteiger partial charge is 0.383 e. The van der Waals surface area contributed by atoms with E-state index in [1.807, 2.05) is 60.1 Å². The van der Waals surface area contributed by atoms with Crippen LogP contribution < -0.4 is 10.9 Å². The molecule has 0 saturated heterocycles. The Kier molecular flexibility index (Phi) is 5.45. The van der Waals surface area contributed by atoms with E-state index in [4.69, 9.17) is 9.72 Å². The monoisotopic (exact) mass is 402 g/mol. The van der Waals surface area contributed by atoms with Crippen molar-refractivity contribution in [3.05, 3.63) is 82.8 Å². The zero-order valence-corrected chi connectivity index (χ0v) is 16.8. The summed E-state index contributed by atoms with van der Waals surface area (Å²) < 4.78 is 8.52. The van der Waals surface area contributed by atoms with Gasteiger partial charge in [0.05, 0.1) is 23.2 Å². The fourth-order valence-corrected chi connectivity index (χ4v) is 3.34. The van der Waals surface area contributed by atoms with E-state index in [9.17, 15) is 9.59 Å². The average molecular weight is 402 g/mol. The topological polar surface area (TPSA) is 78.2 Å². The zero-order valence-electron chi connectivity index (χ0n) is 16.8. The van der Waals surface area contributed by atoms with Crippen molar-refractivity contribution in [1.29, 1.82) is 0 Å².